The minimum atomic E-state index is 0.645. The molecule has 17 heavy (non-hydrogen) atoms. The average Bonchev–Trinajstić information content (AvgIpc) is 2.36. The minimum absolute atomic E-state index is 0.645. The van der Waals surface area contributed by atoms with E-state index in [1.807, 2.05) is 26.0 Å². The molecule has 0 saturated heterocycles. The van der Waals surface area contributed by atoms with Crippen molar-refractivity contribution in [3.05, 3.63) is 47.4 Å². The van der Waals surface area contributed by atoms with E-state index in [0.717, 1.165) is 22.8 Å². The van der Waals surface area contributed by atoms with Gasteiger partial charge >= 0.3 is 0 Å². The summed E-state index contributed by atoms with van der Waals surface area (Å²) in [4.78, 5) is 8.30. The first-order valence-electron chi connectivity index (χ1n) is 5.26. The molecule has 0 unspecified atom stereocenters. The van der Waals surface area contributed by atoms with Crippen molar-refractivity contribution in [2.24, 2.45) is 0 Å². The Morgan fingerprint density at radius 1 is 1.12 bits per heavy atom. The predicted molar refractivity (Wildman–Crippen MR) is 65.9 cm³/mol. The molecule has 0 spiro atoms. The summed E-state index contributed by atoms with van der Waals surface area (Å²) in [6.45, 7) is 3.92. The lowest BCUT2D eigenvalue weighted by Crippen LogP contribution is -1.99. The predicted octanol–water partition coefficient (Wildman–Crippen LogP) is 2.71. The first kappa shape index (κ1) is 11.1. The van der Waals surface area contributed by atoms with Gasteiger partial charge in [-0.1, -0.05) is 0 Å². The normalized spacial score (nSPS) is 9.71. The van der Waals surface area contributed by atoms with E-state index in [9.17, 15) is 0 Å². The van der Waals surface area contributed by atoms with Crippen LogP contribution in [-0.4, -0.2) is 9.97 Å². The van der Waals surface area contributed by atoms with Crippen LogP contribution in [0.3, 0.4) is 0 Å². The number of nitrogens with one attached hydrogen (secondary N) is 1. The van der Waals surface area contributed by atoms with Crippen molar-refractivity contribution < 1.29 is 0 Å². The molecule has 0 bridgehead atoms. The van der Waals surface area contributed by atoms with Crippen LogP contribution in [-0.2, 0) is 0 Å². The van der Waals surface area contributed by atoms with Gasteiger partial charge in [-0.05, 0) is 38.1 Å². The maximum Gasteiger partial charge on any atom is 0.136 e. The minimum Gasteiger partial charge on any atom is -0.340 e. The van der Waals surface area contributed by atoms with Gasteiger partial charge in [0.1, 0.15) is 12.1 Å². The Balaban J connectivity index is 2.26. The highest BCUT2D eigenvalue weighted by Crippen LogP contribution is 2.19. The van der Waals surface area contributed by atoms with Crippen LogP contribution in [0.2, 0.25) is 0 Å². The van der Waals surface area contributed by atoms with Crippen LogP contribution >= 0.6 is 0 Å². The fourth-order valence-corrected chi connectivity index (χ4v) is 1.43. The van der Waals surface area contributed by atoms with Crippen LogP contribution in [0.5, 0.6) is 0 Å². The third-order valence-corrected chi connectivity index (χ3v) is 2.61. The van der Waals surface area contributed by atoms with E-state index in [0.29, 0.717) is 5.56 Å². The molecule has 0 aliphatic heterocycles. The lowest BCUT2D eigenvalue weighted by Gasteiger charge is -2.09. The van der Waals surface area contributed by atoms with Crippen molar-refractivity contribution in [2.75, 3.05) is 5.32 Å². The SMILES string of the molecule is Cc1ncnc(Nc2ccc(C#N)cc2)c1C. The summed E-state index contributed by atoms with van der Waals surface area (Å²) in [5, 5.41) is 11.9. The number of aromatic nitrogens is 2. The molecule has 2 rings (SSSR count). The fourth-order valence-electron chi connectivity index (χ4n) is 1.43. The monoisotopic (exact) mass is 224 g/mol. The van der Waals surface area contributed by atoms with Crippen LogP contribution in [0.15, 0.2) is 30.6 Å². The molecule has 0 aliphatic carbocycles. The number of aryl methyl sites for hydroxylation is 1. The molecule has 0 saturated carbocycles. The second-order valence-electron chi connectivity index (χ2n) is 3.75. The molecule has 4 nitrogen and oxygen atoms in total. The Morgan fingerprint density at radius 2 is 1.82 bits per heavy atom. The molecule has 0 radical (unpaired) electrons. The van der Waals surface area contributed by atoms with Crippen LogP contribution < -0.4 is 5.32 Å². The summed E-state index contributed by atoms with van der Waals surface area (Å²) < 4.78 is 0. The Morgan fingerprint density at radius 3 is 2.47 bits per heavy atom. The largest absolute Gasteiger partial charge is 0.340 e. The van der Waals surface area contributed by atoms with Crippen LogP contribution in [0.25, 0.3) is 0 Å². The number of rotatable bonds is 2. The second kappa shape index (κ2) is 4.62. The van der Waals surface area contributed by atoms with E-state index in [4.69, 9.17) is 5.26 Å². The van der Waals surface area contributed by atoms with E-state index in [-0.39, 0.29) is 0 Å². The number of benzene rings is 1. The van der Waals surface area contributed by atoms with Gasteiger partial charge in [-0.3, -0.25) is 0 Å². The van der Waals surface area contributed by atoms with Crippen LogP contribution in [0.1, 0.15) is 16.8 Å². The van der Waals surface area contributed by atoms with Gasteiger partial charge in [0.25, 0.3) is 0 Å². The average molecular weight is 224 g/mol. The van der Waals surface area contributed by atoms with Gasteiger partial charge in [0.05, 0.1) is 11.6 Å². The molecule has 0 amide bonds. The third-order valence-electron chi connectivity index (χ3n) is 2.61. The van der Waals surface area contributed by atoms with Gasteiger partial charge in [-0.25, -0.2) is 9.97 Å². The van der Waals surface area contributed by atoms with E-state index in [1.54, 1.807) is 12.1 Å². The number of anilines is 2. The smallest absolute Gasteiger partial charge is 0.136 e. The first-order chi connectivity index (χ1) is 8.20. The third kappa shape index (κ3) is 2.40. The molecule has 4 heteroatoms. The number of nitriles is 1. The van der Waals surface area contributed by atoms with E-state index in [2.05, 4.69) is 21.4 Å². The number of nitrogens with zero attached hydrogens (tertiary/aromatic N) is 3. The zero-order valence-corrected chi connectivity index (χ0v) is 9.73. The Hall–Kier alpha value is -2.41. The molecule has 2 aromatic rings. The quantitative estimate of drug-likeness (QED) is 0.851. The van der Waals surface area contributed by atoms with Crippen molar-refractivity contribution in [2.45, 2.75) is 13.8 Å². The molecule has 1 aromatic heterocycles. The zero-order chi connectivity index (χ0) is 12.3. The first-order valence-corrected chi connectivity index (χ1v) is 5.26. The van der Waals surface area contributed by atoms with Gasteiger partial charge in [0.2, 0.25) is 0 Å². The Labute approximate surface area is 100.0 Å². The van der Waals surface area contributed by atoms with Gasteiger partial charge in [-0.15, -0.1) is 0 Å². The molecular formula is C13H12N4. The van der Waals surface area contributed by atoms with Crippen molar-refractivity contribution >= 4 is 11.5 Å². The Bertz CT molecular complexity index is 567. The summed E-state index contributed by atoms with van der Waals surface area (Å²) in [5.74, 6) is 0.794. The van der Waals surface area contributed by atoms with Gasteiger partial charge in [0, 0.05) is 16.9 Å². The van der Waals surface area contributed by atoms with E-state index < -0.39 is 0 Å². The van der Waals surface area contributed by atoms with Crippen LogP contribution in [0, 0.1) is 25.2 Å². The molecule has 0 atom stereocenters. The van der Waals surface area contributed by atoms with Crippen molar-refractivity contribution in [3.63, 3.8) is 0 Å². The lowest BCUT2D eigenvalue weighted by atomic mass is 10.2. The van der Waals surface area contributed by atoms with Crippen molar-refractivity contribution in [1.82, 2.24) is 9.97 Å². The Kier molecular flexibility index (Phi) is 3.01. The second-order valence-corrected chi connectivity index (χ2v) is 3.75. The summed E-state index contributed by atoms with van der Waals surface area (Å²) in [6.07, 6.45) is 1.54. The van der Waals surface area contributed by atoms with Crippen molar-refractivity contribution in [1.29, 1.82) is 5.26 Å². The maximum atomic E-state index is 8.71. The molecule has 1 heterocycles. The fraction of sp³-hybridized carbons (Fsp3) is 0.154. The van der Waals surface area contributed by atoms with Gasteiger partial charge in [-0.2, -0.15) is 5.26 Å². The molecule has 84 valence electrons. The molecular weight excluding hydrogens is 212 g/mol. The van der Waals surface area contributed by atoms with Gasteiger partial charge in [0.15, 0.2) is 0 Å². The molecule has 1 aromatic carbocycles. The standard InChI is InChI=1S/C13H12N4/c1-9-10(2)15-8-16-13(9)17-12-5-3-11(7-14)4-6-12/h3-6,8H,1-2H3,(H,15,16,17). The topological polar surface area (TPSA) is 61.6 Å². The number of hydrogen-bond donors (Lipinski definition) is 1. The molecule has 1 N–H and O–H groups in total. The lowest BCUT2D eigenvalue weighted by molar-refractivity contribution is 1.06. The summed E-state index contributed by atoms with van der Waals surface area (Å²) in [5.41, 5.74) is 3.53. The number of hydrogen-bond acceptors (Lipinski definition) is 4. The summed E-state index contributed by atoms with van der Waals surface area (Å²) >= 11 is 0. The van der Waals surface area contributed by atoms with E-state index in [1.165, 1.54) is 6.33 Å². The summed E-state index contributed by atoms with van der Waals surface area (Å²) in [6, 6.07) is 9.34. The van der Waals surface area contributed by atoms with Crippen LogP contribution in [0.4, 0.5) is 11.5 Å². The summed E-state index contributed by atoms with van der Waals surface area (Å²) in [7, 11) is 0. The molecule has 0 fully saturated rings. The maximum absolute atomic E-state index is 8.71. The zero-order valence-electron chi connectivity index (χ0n) is 9.73. The van der Waals surface area contributed by atoms with E-state index >= 15 is 0 Å². The van der Waals surface area contributed by atoms with Gasteiger partial charge < -0.3 is 5.32 Å². The molecule has 0 aliphatic rings. The highest BCUT2D eigenvalue weighted by atomic mass is 15.0. The highest BCUT2D eigenvalue weighted by molar-refractivity contribution is 5.60. The highest BCUT2D eigenvalue weighted by Gasteiger charge is 2.03. The van der Waals surface area contributed by atoms with Crippen molar-refractivity contribution in [3.8, 4) is 6.07 Å².